The van der Waals surface area contributed by atoms with Crippen molar-refractivity contribution in [3.8, 4) is 5.75 Å². The fourth-order valence-corrected chi connectivity index (χ4v) is 6.57. The fraction of sp³-hybridized carbons (Fsp3) is 0.355. The van der Waals surface area contributed by atoms with Crippen LogP contribution in [0.3, 0.4) is 0 Å². The molecule has 0 radical (unpaired) electrons. The Bertz CT molecular complexity index is 1630. The maximum Gasteiger partial charge on any atom is 0.337 e. The minimum absolute atomic E-state index is 0.0873. The molecule has 1 fully saturated rings. The van der Waals surface area contributed by atoms with E-state index < -0.39 is 47.0 Å². The summed E-state index contributed by atoms with van der Waals surface area (Å²) in [5.41, 5.74) is -0.473. The highest BCUT2D eigenvalue weighted by Crippen LogP contribution is 2.56. The van der Waals surface area contributed by atoms with Gasteiger partial charge in [-0.2, -0.15) is 0 Å². The summed E-state index contributed by atoms with van der Waals surface area (Å²) >= 11 is 12.5. The molecular weight excluding hydrogens is 598 g/mol. The number of hydrogen-bond acceptors (Lipinski definition) is 7. The molecule has 0 aliphatic carbocycles. The van der Waals surface area contributed by atoms with E-state index in [2.05, 4.69) is 20.9 Å². The molecule has 1 saturated heterocycles. The number of aromatic nitrogens is 1. The van der Waals surface area contributed by atoms with Crippen molar-refractivity contribution in [1.82, 2.24) is 10.3 Å². The Morgan fingerprint density at radius 1 is 1.14 bits per heavy atom. The van der Waals surface area contributed by atoms with Crippen molar-refractivity contribution >= 4 is 52.4 Å². The van der Waals surface area contributed by atoms with Crippen molar-refractivity contribution in [1.29, 1.82) is 0 Å². The summed E-state index contributed by atoms with van der Waals surface area (Å²) < 4.78 is 26.2. The average Bonchev–Trinajstić information content (AvgIpc) is 3.43. The lowest BCUT2D eigenvalue weighted by molar-refractivity contribution is -0.122. The zero-order valence-electron chi connectivity index (χ0n) is 24.2. The number of pyridine rings is 1. The van der Waals surface area contributed by atoms with Crippen LogP contribution in [-0.4, -0.2) is 49.1 Å². The molecule has 3 N–H and O–H groups in total. The molecule has 0 unspecified atom stereocenters. The largest absolute Gasteiger partial charge is 0.495 e. The summed E-state index contributed by atoms with van der Waals surface area (Å²) in [4.78, 5) is 45.1. The quantitative estimate of drug-likeness (QED) is 0.299. The molecule has 3 heterocycles. The second-order valence-corrected chi connectivity index (χ2v) is 12.7. The first-order chi connectivity index (χ1) is 20.3. The van der Waals surface area contributed by atoms with Gasteiger partial charge >= 0.3 is 5.97 Å². The van der Waals surface area contributed by atoms with Gasteiger partial charge in [-0.05, 0) is 47.7 Å². The summed E-state index contributed by atoms with van der Waals surface area (Å²) in [5.74, 6) is -3.16. The molecule has 12 heteroatoms. The number of rotatable bonds is 6. The van der Waals surface area contributed by atoms with Gasteiger partial charge in [0.1, 0.15) is 17.0 Å². The molecule has 1 aromatic heterocycles. The van der Waals surface area contributed by atoms with Crippen molar-refractivity contribution in [2.45, 2.75) is 50.6 Å². The highest BCUT2D eigenvalue weighted by molar-refractivity contribution is 6.31. The number of nitrogens with zero attached hydrogens (tertiary/aromatic N) is 1. The molecule has 4 atom stereocenters. The zero-order valence-corrected chi connectivity index (χ0v) is 25.7. The number of carbonyl (C=O) groups is 3. The average molecular weight is 630 g/mol. The second-order valence-electron chi connectivity index (χ2n) is 11.9. The first-order valence-electron chi connectivity index (χ1n) is 13.6. The van der Waals surface area contributed by atoms with Crippen molar-refractivity contribution in [3.05, 3.63) is 81.3 Å². The van der Waals surface area contributed by atoms with E-state index in [0.29, 0.717) is 22.8 Å². The minimum Gasteiger partial charge on any atom is -0.495 e. The Balaban J connectivity index is 1.68. The van der Waals surface area contributed by atoms with Crippen molar-refractivity contribution in [2.24, 2.45) is 5.41 Å². The van der Waals surface area contributed by atoms with Crippen LogP contribution in [0, 0.1) is 11.2 Å². The van der Waals surface area contributed by atoms with E-state index in [-0.39, 0.29) is 33.0 Å². The maximum absolute atomic E-state index is 15.9. The Morgan fingerprint density at radius 2 is 1.88 bits per heavy atom. The lowest BCUT2D eigenvalue weighted by Crippen LogP contribution is -2.50. The minimum atomic E-state index is -1.50. The van der Waals surface area contributed by atoms with Gasteiger partial charge in [0.15, 0.2) is 0 Å². The molecule has 2 aliphatic heterocycles. The molecule has 2 aliphatic rings. The van der Waals surface area contributed by atoms with Gasteiger partial charge in [0, 0.05) is 18.2 Å². The first kappa shape index (κ1) is 30.7. The summed E-state index contributed by atoms with van der Waals surface area (Å²) in [6.45, 7) is 6.05. The van der Waals surface area contributed by atoms with Crippen LogP contribution in [0.25, 0.3) is 0 Å². The molecule has 2 amide bonds. The lowest BCUT2D eigenvalue weighted by Gasteiger charge is -2.37. The number of benzene rings is 2. The molecule has 1 spiro atoms. The number of anilines is 2. The van der Waals surface area contributed by atoms with Crippen LogP contribution in [0.5, 0.6) is 5.75 Å². The van der Waals surface area contributed by atoms with Gasteiger partial charge in [-0.3, -0.25) is 14.6 Å². The third-order valence-electron chi connectivity index (χ3n) is 7.92. The van der Waals surface area contributed by atoms with E-state index in [1.807, 2.05) is 20.8 Å². The van der Waals surface area contributed by atoms with Gasteiger partial charge in [0.05, 0.1) is 52.9 Å². The number of hydrogen-bond donors (Lipinski definition) is 3. The third-order valence-corrected chi connectivity index (χ3v) is 8.42. The topological polar surface area (TPSA) is 119 Å². The molecule has 0 saturated carbocycles. The summed E-state index contributed by atoms with van der Waals surface area (Å²) in [6.07, 6.45) is 1.87. The second kappa shape index (κ2) is 11.4. The summed E-state index contributed by atoms with van der Waals surface area (Å²) in [5, 5.41) is 9.30. The van der Waals surface area contributed by atoms with E-state index in [0.717, 1.165) is 0 Å². The lowest BCUT2D eigenvalue weighted by atomic mass is 9.64. The van der Waals surface area contributed by atoms with E-state index in [1.54, 1.807) is 12.1 Å². The number of ether oxygens (including phenoxy) is 2. The fourth-order valence-electron chi connectivity index (χ4n) is 6.23. The third kappa shape index (κ3) is 5.32. The van der Waals surface area contributed by atoms with Gasteiger partial charge in [0.25, 0.3) is 0 Å². The van der Waals surface area contributed by atoms with Crippen LogP contribution < -0.4 is 20.7 Å². The number of esters is 1. The highest BCUT2D eigenvalue weighted by atomic mass is 35.5. The van der Waals surface area contributed by atoms with E-state index in [9.17, 15) is 14.4 Å². The monoisotopic (exact) mass is 628 g/mol. The zero-order chi connectivity index (χ0) is 31.3. The van der Waals surface area contributed by atoms with Crippen LogP contribution in [0.1, 0.15) is 54.7 Å². The van der Waals surface area contributed by atoms with Crippen LogP contribution in [0.2, 0.25) is 10.0 Å². The molecule has 43 heavy (non-hydrogen) atoms. The summed E-state index contributed by atoms with van der Waals surface area (Å²) in [7, 11) is 2.66. The van der Waals surface area contributed by atoms with Gasteiger partial charge in [-0.25, -0.2) is 9.18 Å². The number of fused-ring (bicyclic) bond motifs is 2. The van der Waals surface area contributed by atoms with Gasteiger partial charge in [0.2, 0.25) is 11.8 Å². The first-order valence-corrected chi connectivity index (χ1v) is 14.3. The van der Waals surface area contributed by atoms with Crippen molar-refractivity contribution in [2.75, 3.05) is 24.9 Å². The molecule has 0 bridgehead atoms. The summed E-state index contributed by atoms with van der Waals surface area (Å²) in [6, 6.07) is 8.78. The van der Waals surface area contributed by atoms with Crippen LogP contribution in [0.4, 0.5) is 15.8 Å². The predicted molar refractivity (Wildman–Crippen MR) is 161 cm³/mol. The van der Waals surface area contributed by atoms with E-state index >= 15 is 4.39 Å². The van der Waals surface area contributed by atoms with Crippen molar-refractivity contribution < 1.29 is 28.2 Å². The molecule has 3 aromatic rings. The normalized spacial score (nSPS) is 22.7. The van der Waals surface area contributed by atoms with Crippen LogP contribution in [0.15, 0.2) is 48.7 Å². The Hall–Kier alpha value is -3.73. The van der Waals surface area contributed by atoms with Gasteiger partial charge < -0.3 is 25.4 Å². The number of carbonyl (C=O) groups excluding carboxylic acids is 3. The number of methoxy groups -OCH3 is 2. The highest BCUT2D eigenvalue weighted by Gasteiger charge is 2.67. The smallest absolute Gasteiger partial charge is 0.337 e. The van der Waals surface area contributed by atoms with Gasteiger partial charge in [-0.15, -0.1) is 0 Å². The number of nitrogens with one attached hydrogen (secondary N) is 3. The SMILES string of the molecule is COC(=O)c1ccc(NC(=O)[C@@H]2N[C@@H](CC(C)(C)C)[C@@]3(C(=O)Nc4cc(Cl)cnc43)[C@H]2c2cccc(Cl)c2F)c(OC)c1. The molecule has 2 aromatic carbocycles. The number of amides is 2. The predicted octanol–water partition coefficient (Wildman–Crippen LogP) is 5.71. The van der Waals surface area contributed by atoms with Crippen molar-refractivity contribution in [3.63, 3.8) is 0 Å². The van der Waals surface area contributed by atoms with Gasteiger partial charge in [-0.1, -0.05) is 56.1 Å². The molecule has 226 valence electrons. The Labute approximate surface area is 258 Å². The van der Waals surface area contributed by atoms with Crippen LogP contribution >= 0.6 is 23.2 Å². The maximum atomic E-state index is 15.9. The Morgan fingerprint density at radius 3 is 2.56 bits per heavy atom. The number of halogens is 3. The van der Waals surface area contributed by atoms with E-state index in [4.69, 9.17) is 32.7 Å². The molecular formula is C31H31Cl2FN4O5. The van der Waals surface area contributed by atoms with E-state index in [1.165, 1.54) is 50.7 Å². The standard InChI is InChI=1S/C31H31Cl2FN4O5/c1-30(2,3)13-22-31(26-20(37-29(31)41)12-16(32)14-35-26)23(17-7-6-8-18(33)24(17)34)25(38-22)27(39)36-19-10-9-15(28(40)43-5)11-21(19)42-4/h6-12,14,22-23,25,38H,13H2,1-5H3,(H,36,39)(H,37,41)/t22-,23-,25+,31+/m0/s1. The molecule has 9 nitrogen and oxygen atoms in total. The molecule has 5 rings (SSSR count). The Kier molecular flexibility index (Phi) is 8.15. The van der Waals surface area contributed by atoms with Crippen LogP contribution in [-0.2, 0) is 19.7 Å².